The van der Waals surface area contributed by atoms with Gasteiger partial charge in [0.25, 0.3) is 0 Å². The minimum atomic E-state index is -2.68. The lowest BCUT2D eigenvalue weighted by atomic mass is 9.54. The van der Waals surface area contributed by atoms with Crippen LogP contribution < -0.4 is 5.73 Å². The van der Waals surface area contributed by atoms with Crippen molar-refractivity contribution >= 4 is 23.2 Å². The topological polar surface area (TPSA) is 182 Å². The molecule has 0 bridgehead atoms. The molecule has 0 saturated heterocycles. The zero-order valence-electron chi connectivity index (χ0n) is 18.5. The first-order valence-corrected chi connectivity index (χ1v) is 10.8. The maximum atomic E-state index is 13.6. The highest BCUT2D eigenvalue weighted by Gasteiger charge is 2.67. The van der Waals surface area contributed by atoms with Gasteiger partial charge in [0.2, 0.25) is 11.7 Å². The minimum absolute atomic E-state index is 0.0334. The van der Waals surface area contributed by atoms with E-state index in [-0.39, 0.29) is 29.7 Å². The summed E-state index contributed by atoms with van der Waals surface area (Å²) < 4.78 is 0. The van der Waals surface area contributed by atoms with Crippen LogP contribution in [0.25, 0.3) is 5.76 Å². The number of nitrogens with two attached hydrogens (primary N) is 1. The highest BCUT2D eigenvalue weighted by molar-refractivity contribution is 6.25. The molecule has 3 aliphatic carbocycles. The number of ketones is 2. The molecule has 0 spiro atoms. The number of carbonyl (C=O) groups excluding carboxylic acids is 3. The number of Topliss-reactive ketones (excluding diaryl/α,β-unsaturated/α-hetero) is 2. The molecule has 0 aliphatic heterocycles. The van der Waals surface area contributed by atoms with Gasteiger partial charge in [-0.05, 0) is 57.0 Å². The highest BCUT2D eigenvalue weighted by atomic mass is 16.3. The van der Waals surface area contributed by atoms with Crippen molar-refractivity contribution in [2.24, 2.45) is 23.5 Å². The summed E-state index contributed by atoms with van der Waals surface area (Å²) >= 11 is 0. The van der Waals surface area contributed by atoms with Crippen LogP contribution in [0.5, 0.6) is 5.75 Å². The molecule has 0 heterocycles. The van der Waals surface area contributed by atoms with Gasteiger partial charge in [-0.1, -0.05) is 6.07 Å². The molecule has 10 nitrogen and oxygen atoms in total. The number of phenolic OH excluding ortho intramolecular Hbond substituents is 1. The molecule has 1 aromatic carbocycles. The average Bonchev–Trinajstić information content (AvgIpc) is 2.70. The number of aromatic hydroxyl groups is 1. The Balaban J connectivity index is 1.94. The summed E-state index contributed by atoms with van der Waals surface area (Å²) in [5, 5.41) is 54.0. The van der Waals surface area contributed by atoms with E-state index in [4.69, 9.17) is 5.73 Å². The van der Waals surface area contributed by atoms with E-state index in [9.17, 15) is 39.9 Å². The van der Waals surface area contributed by atoms with Crippen molar-refractivity contribution < 1.29 is 39.9 Å². The molecule has 33 heavy (non-hydrogen) atoms. The van der Waals surface area contributed by atoms with Gasteiger partial charge in [-0.15, -0.1) is 0 Å². The molecule has 1 aromatic rings. The van der Waals surface area contributed by atoms with Crippen LogP contribution in [0.15, 0.2) is 17.7 Å². The second-order valence-corrected chi connectivity index (χ2v) is 9.49. The largest absolute Gasteiger partial charge is 0.507 e. The minimum Gasteiger partial charge on any atom is -0.507 e. The lowest BCUT2D eigenvalue weighted by Gasteiger charge is -2.53. The molecule has 7 N–H and O–H groups in total. The molecule has 0 radical (unpaired) electrons. The Morgan fingerprint density at radius 1 is 1.24 bits per heavy atom. The van der Waals surface area contributed by atoms with E-state index in [1.165, 1.54) is 24.0 Å². The van der Waals surface area contributed by atoms with Crippen molar-refractivity contribution in [1.29, 1.82) is 0 Å². The van der Waals surface area contributed by atoms with E-state index < -0.39 is 64.8 Å². The predicted molar refractivity (Wildman–Crippen MR) is 115 cm³/mol. The molecule has 10 heteroatoms. The molecule has 3 aliphatic rings. The Labute approximate surface area is 189 Å². The fourth-order valence-electron chi connectivity index (χ4n) is 6.02. The van der Waals surface area contributed by atoms with Crippen LogP contribution >= 0.6 is 0 Å². The molecule has 1 amide bonds. The first-order chi connectivity index (χ1) is 15.3. The number of primary amides is 1. The maximum Gasteiger partial charge on any atom is 0.230 e. The van der Waals surface area contributed by atoms with Crippen LogP contribution in [0.3, 0.4) is 0 Å². The summed E-state index contributed by atoms with van der Waals surface area (Å²) in [5.41, 5.74) is 3.35. The fourth-order valence-corrected chi connectivity index (χ4v) is 6.02. The van der Waals surface area contributed by atoms with E-state index in [1.807, 2.05) is 0 Å². The number of rotatable bonds is 3. The van der Waals surface area contributed by atoms with Crippen molar-refractivity contribution in [3.05, 3.63) is 34.4 Å². The number of amides is 1. The number of nitrogens with zero attached hydrogens (tertiary/aromatic N) is 1. The number of carbonyl (C=O) groups is 3. The van der Waals surface area contributed by atoms with E-state index in [1.54, 1.807) is 14.1 Å². The number of likely N-dealkylation sites (N-methyl/N-ethyl adjacent to an activating group) is 1. The van der Waals surface area contributed by atoms with Crippen LogP contribution in [0.2, 0.25) is 0 Å². The maximum absolute atomic E-state index is 13.6. The summed E-state index contributed by atoms with van der Waals surface area (Å²) in [6, 6.07) is 1.88. The summed E-state index contributed by atoms with van der Waals surface area (Å²) in [6.45, 7) is 1.54. The van der Waals surface area contributed by atoms with Crippen molar-refractivity contribution in [2.75, 3.05) is 14.1 Å². The Morgan fingerprint density at radius 2 is 1.88 bits per heavy atom. The van der Waals surface area contributed by atoms with Gasteiger partial charge < -0.3 is 36.2 Å². The van der Waals surface area contributed by atoms with E-state index in [0.29, 0.717) is 11.1 Å². The summed E-state index contributed by atoms with van der Waals surface area (Å²) in [4.78, 5) is 40.4. The number of phenols is 1. The smallest absolute Gasteiger partial charge is 0.230 e. The van der Waals surface area contributed by atoms with Gasteiger partial charge in [0.05, 0.1) is 17.8 Å². The lowest BCUT2D eigenvalue weighted by Crippen LogP contribution is -2.73. The van der Waals surface area contributed by atoms with Crippen LogP contribution in [0.4, 0.5) is 0 Å². The number of fused-ring (bicyclic) bond motifs is 3. The normalized spacial score (nSPS) is 34.6. The molecule has 0 aromatic heterocycles. The third-order valence-corrected chi connectivity index (χ3v) is 7.46. The van der Waals surface area contributed by atoms with Crippen molar-refractivity contribution in [2.45, 2.75) is 43.6 Å². The second kappa shape index (κ2) is 7.63. The SMILES string of the molecule is CC(O)c1ccc(O)c2c1C[C@@H]1C[C@@H]3[C@@H](N(C)C)C(O)C(C(N)=O)C(=O)[C@]3(O)C(=O)C1=C2O. The molecule has 2 saturated carbocycles. The van der Waals surface area contributed by atoms with Gasteiger partial charge in [-0.2, -0.15) is 0 Å². The van der Waals surface area contributed by atoms with Crippen LogP contribution in [0, 0.1) is 17.8 Å². The molecular formula is C23H28N2O8. The number of aliphatic hydroxyl groups is 4. The molecule has 2 fully saturated rings. The van der Waals surface area contributed by atoms with Gasteiger partial charge in [0.15, 0.2) is 11.4 Å². The van der Waals surface area contributed by atoms with Gasteiger partial charge in [0.1, 0.15) is 17.4 Å². The highest BCUT2D eigenvalue weighted by Crippen LogP contribution is 2.52. The third-order valence-electron chi connectivity index (χ3n) is 7.46. The zero-order valence-corrected chi connectivity index (χ0v) is 18.5. The average molecular weight is 460 g/mol. The van der Waals surface area contributed by atoms with Gasteiger partial charge in [-0.25, -0.2) is 0 Å². The molecule has 4 rings (SSSR count). The fraction of sp³-hybridized carbons (Fsp3) is 0.522. The second-order valence-electron chi connectivity index (χ2n) is 9.49. The first kappa shape index (κ1) is 23.4. The van der Waals surface area contributed by atoms with Crippen LogP contribution in [-0.4, -0.2) is 79.7 Å². The summed E-state index contributed by atoms with van der Waals surface area (Å²) in [6.07, 6.45) is -2.25. The summed E-state index contributed by atoms with van der Waals surface area (Å²) in [5.74, 6) is -7.83. The zero-order chi connectivity index (χ0) is 24.6. The molecular weight excluding hydrogens is 432 g/mol. The summed E-state index contributed by atoms with van der Waals surface area (Å²) in [7, 11) is 3.18. The van der Waals surface area contributed by atoms with Crippen molar-refractivity contribution in [1.82, 2.24) is 4.90 Å². The standard InChI is InChI=1S/C23H28N2O8/c1-8(26)10-4-5-13(27)15-11(10)6-9-7-12-17(25(2)3)19(29)16(22(24)32)21(31)23(12,33)20(30)14(9)18(15)28/h4-5,8-9,12,16-17,19,26-29,33H,6-7H2,1-3H3,(H2,24,32)/t8?,9-,12-,16?,17-,19?,23-/m1/s1. The Kier molecular flexibility index (Phi) is 5.40. The van der Waals surface area contributed by atoms with Crippen LogP contribution in [0.1, 0.15) is 36.1 Å². The third kappa shape index (κ3) is 3.05. The van der Waals surface area contributed by atoms with E-state index in [2.05, 4.69) is 0 Å². The quantitative estimate of drug-likeness (QED) is 0.314. The van der Waals surface area contributed by atoms with E-state index >= 15 is 0 Å². The Morgan fingerprint density at radius 3 is 2.42 bits per heavy atom. The van der Waals surface area contributed by atoms with Gasteiger partial charge >= 0.3 is 0 Å². The van der Waals surface area contributed by atoms with Crippen molar-refractivity contribution in [3.8, 4) is 5.75 Å². The van der Waals surface area contributed by atoms with E-state index in [0.717, 1.165) is 0 Å². The molecule has 7 atom stereocenters. The predicted octanol–water partition coefficient (Wildman–Crippen LogP) is -0.818. The monoisotopic (exact) mass is 460 g/mol. The molecule has 3 unspecified atom stereocenters. The number of hydrogen-bond donors (Lipinski definition) is 6. The molecule has 178 valence electrons. The van der Waals surface area contributed by atoms with Crippen LogP contribution in [-0.2, 0) is 20.8 Å². The Hall–Kier alpha value is -2.79. The number of hydrogen-bond acceptors (Lipinski definition) is 9. The number of benzene rings is 1. The van der Waals surface area contributed by atoms with Crippen molar-refractivity contribution in [3.63, 3.8) is 0 Å². The van der Waals surface area contributed by atoms with Gasteiger partial charge in [-0.3, -0.25) is 14.4 Å². The number of aliphatic hydroxyl groups excluding tert-OH is 3. The van der Waals surface area contributed by atoms with Gasteiger partial charge in [0, 0.05) is 17.5 Å². The first-order valence-electron chi connectivity index (χ1n) is 10.8. The Bertz CT molecular complexity index is 1090. The lowest BCUT2D eigenvalue weighted by molar-refractivity contribution is -0.184.